The van der Waals surface area contributed by atoms with Gasteiger partial charge in [0.1, 0.15) is 0 Å². The molecule has 0 aliphatic rings. The van der Waals surface area contributed by atoms with E-state index in [4.69, 9.17) is 0 Å². The summed E-state index contributed by atoms with van der Waals surface area (Å²) in [6.07, 6.45) is 0.982. The molecular weight excluding hydrogens is 314 g/mol. The Kier molecular flexibility index (Phi) is 5.09. The summed E-state index contributed by atoms with van der Waals surface area (Å²) in [4.78, 5) is 0. The van der Waals surface area contributed by atoms with Crippen LogP contribution < -0.4 is 5.32 Å². The van der Waals surface area contributed by atoms with Crippen LogP contribution in [-0.2, 0) is 13.0 Å². The quantitative estimate of drug-likeness (QED) is 0.461. The third kappa shape index (κ3) is 3.84. The minimum Gasteiger partial charge on any atom is -0.306 e. The molecule has 26 heavy (non-hydrogen) atoms. The van der Waals surface area contributed by atoms with Crippen LogP contribution in [0.5, 0.6) is 0 Å². The van der Waals surface area contributed by atoms with Crippen LogP contribution in [0, 0.1) is 0 Å². The predicted octanol–water partition coefficient (Wildman–Crippen LogP) is 5.91. The number of hydrogen-bond donors (Lipinski definition) is 1. The summed E-state index contributed by atoms with van der Waals surface area (Å²) >= 11 is 0. The van der Waals surface area contributed by atoms with Gasteiger partial charge < -0.3 is 5.32 Å². The van der Waals surface area contributed by atoms with Crippen molar-refractivity contribution in [1.29, 1.82) is 0 Å². The molecule has 1 N–H and O–H groups in total. The van der Waals surface area contributed by atoms with Crippen molar-refractivity contribution in [3.8, 4) is 0 Å². The lowest BCUT2D eigenvalue weighted by atomic mass is 9.98. The number of hydrogen-bond acceptors (Lipinski definition) is 1. The second-order valence-corrected chi connectivity index (χ2v) is 6.67. The van der Waals surface area contributed by atoms with Crippen molar-refractivity contribution in [2.75, 3.05) is 0 Å². The van der Waals surface area contributed by atoms with Gasteiger partial charge in [0.25, 0.3) is 0 Å². The van der Waals surface area contributed by atoms with Gasteiger partial charge in [-0.3, -0.25) is 0 Å². The molecular formula is C25H23N. The molecule has 4 aromatic carbocycles. The Morgan fingerprint density at radius 2 is 1.27 bits per heavy atom. The van der Waals surface area contributed by atoms with E-state index < -0.39 is 0 Å². The third-order valence-electron chi connectivity index (χ3n) is 4.90. The SMILES string of the molecule is c1ccc(CC(NCc2cccc3ccccc23)c2ccccc2)cc1. The zero-order chi connectivity index (χ0) is 17.6. The summed E-state index contributed by atoms with van der Waals surface area (Å²) in [5.74, 6) is 0. The first kappa shape index (κ1) is 16.6. The summed E-state index contributed by atoms with van der Waals surface area (Å²) in [5.41, 5.74) is 4.03. The average Bonchev–Trinajstić information content (AvgIpc) is 2.72. The smallest absolute Gasteiger partial charge is 0.0363 e. The summed E-state index contributed by atoms with van der Waals surface area (Å²) in [6, 6.07) is 36.9. The van der Waals surface area contributed by atoms with E-state index in [0.29, 0.717) is 0 Å². The highest BCUT2D eigenvalue weighted by atomic mass is 14.9. The van der Waals surface area contributed by atoms with Gasteiger partial charge in [-0.2, -0.15) is 0 Å². The van der Waals surface area contributed by atoms with Crippen LogP contribution >= 0.6 is 0 Å². The van der Waals surface area contributed by atoms with Crippen LogP contribution in [0.1, 0.15) is 22.7 Å². The van der Waals surface area contributed by atoms with Crippen LogP contribution in [-0.4, -0.2) is 0 Å². The second kappa shape index (κ2) is 7.99. The minimum absolute atomic E-state index is 0.289. The fourth-order valence-electron chi connectivity index (χ4n) is 3.52. The number of nitrogens with one attached hydrogen (secondary N) is 1. The minimum atomic E-state index is 0.289. The zero-order valence-electron chi connectivity index (χ0n) is 14.8. The summed E-state index contributed by atoms with van der Waals surface area (Å²) in [7, 11) is 0. The Hall–Kier alpha value is -2.90. The standard InChI is InChI=1S/C25H23N/c1-3-10-20(11-4-1)18-25(22-13-5-2-6-14-22)26-19-23-16-9-15-21-12-7-8-17-24(21)23/h1-17,25-26H,18-19H2. The normalized spacial score (nSPS) is 12.2. The molecule has 0 heterocycles. The Morgan fingerprint density at radius 1 is 0.615 bits per heavy atom. The van der Waals surface area contributed by atoms with Gasteiger partial charge in [0.2, 0.25) is 0 Å². The number of rotatable bonds is 6. The first-order chi connectivity index (χ1) is 12.9. The van der Waals surface area contributed by atoms with Crippen LogP contribution in [0.15, 0.2) is 103 Å². The van der Waals surface area contributed by atoms with Crippen molar-refractivity contribution in [3.05, 3.63) is 120 Å². The lowest BCUT2D eigenvalue weighted by Crippen LogP contribution is -2.23. The Bertz CT molecular complexity index is 955. The average molecular weight is 337 g/mol. The van der Waals surface area contributed by atoms with E-state index in [0.717, 1.165) is 13.0 Å². The fourth-order valence-corrected chi connectivity index (χ4v) is 3.52. The van der Waals surface area contributed by atoms with Crippen molar-refractivity contribution in [3.63, 3.8) is 0 Å². The highest BCUT2D eigenvalue weighted by molar-refractivity contribution is 5.85. The van der Waals surface area contributed by atoms with Crippen LogP contribution in [0.3, 0.4) is 0 Å². The van der Waals surface area contributed by atoms with Crippen LogP contribution in [0.25, 0.3) is 10.8 Å². The molecule has 4 aromatic rings. The molecule has 1 atom stereocenters. The van der Waals surface area contributed by atoms with Crippen molar-refractivity contribution in [2.45, 2.75) is 19.0 Å². The maximum atomic E-state index is 3.79. The molecule has 1 heteroatoms. The van der Waals surface area contributed by atoms with E-state index >= 15 is 0 Å². The lowest BCUT2D eigenvalue weighted by molar-refractivity contribution is 0.532. The fraction of sp³-hybridized carbons (Fsp3) is 0.120. The van der Waals surface area contributed by atoms with Gasteiger partial charge in [-0.25, -0.2) is 0 Å². The molecule has 0 saturated carbocycles. The van der Waals surface area contributed by atoms with Gasteiger partial charge in [-0.15, -0.1) is 0 Å². The van der Waals surface area contributed by atoms with Crippen molar-refractivity contribution in [1.82, 2.24) is 5.32 Å². The Balaban J connectivity index is 1.58. The highest BCUT2D eigenvalue weighted by Crippen LogP contribution is 2.22. The van der Waals surface area contributed by atoms with Gasteiger partial charge in [0, 0.05) is 12.6 Å². The van der Waals surface area contributed by atoms with E-state index in [1.807, 2.05) is 0 Å². The molecule has 0 radical (unpaired) electrons. The summed E-state index contributed by atoms with van der Waals surface area (Å²) < 4.78 is 0. The van der Waals surface area contributed by atoms with Crippen molar-refractivity contribution in [2.24, 2.45) is 0 Å². The summed E-state index contributed by atoms with van der Waals surface area (Å²) in [5, 5.41) is 6.42. The predicted molar refractivity (Wildman–Crippen MR) is 110 cm³/mol. The first-order valence-corrected chi connectivity index (χ1v) is 9.19. The molecule has 0 aliphatic heterocycles. The topological polar surface area (TPSA) is 12.0 Å². The van der Waals surface area contributed by atoms with Crippen molar-refractivity contribution >= 4 is 10.8 Å². The van der Waals surface area contributed by atoms with E-state index in [9.17, 15) is 0 Å². The van der Waals surface area contributed by atoms with Gasteiger partial charge in [-0.05, 0) is 33.9 Å². The van der Waals surface area contributed by atoms with E-state index in [-0.39, 0.29) is 6.04 Å². The Morgan fingerprint density at radius 3 is 2.08 bits per heavy atom. The molecule has 0 amide bonds. The molecule has 1 nitrogen and oxygen atoms in total. The van der Waals surface area contributed by atoms with Gasteiger partial charge in [0.15, 0.2) is 0 Å². The maximum absolute atomic E-state index is 3.79. The Labute approximate surface area is 155 Å². The van der Waals surface area contributed by atoms with Gasteiger partial charge in [-0.1, -0.05) is 103 Å². The molecule has 4 rings (SSSR count). The van der Waals surface area contributed by atoms with Crippen LogP contribution in [0.2, 0.25) is 0 Å². The largest absolute Gasteiger partial charge is 0.306 e. The number of fused-ring (bicyclic) bond motifs is 1. The number of benzene rings is 4. The van der Waals surface area contributed by atoms with E-state index in [1.54, 1.807) is 0 Å². The molecule has 128 valence electrons. The molecule has 0 spiro atoms. The third-order valence-corrected chi connectivity index (χ3v) is 4.90. The first-order valence-electron chi connectivity index (χ1n) is 9.19. The molecule has 1 unspecified atom stereocenters. The monoisotopic (exact) mass is 337 g/mol. The molecule has 0 saturated heterocycles. The highest BCUT2D eigenvalue weighted by Gasteiger charge is 2.12. The zero-order valence-corrected chi connectivity index (χ0v) is 14.8. The van der Waals surface area contributed by atoms with Gasteiger partial charge in [0.05, 0.1) is 0 Å². The second-order valence-electron chi connectivity index (χ2n) is 6.67. The van der Waals surface area contributed by atoms with E-state index in [1.165, 1.54) is 27.5 Å². The maximum Gasteiger partial charge on any atom is 0.0363 e. The van der Waals surface area contributed by atoms with Crippen LogP contribution in [0.4, 0.5) is 0 Å². The molecule has 0 aliphatic carbocycles. The lowest BCUT2D eigenvalue weighted by Gasteiger charge is -2.20. The van der Waals surface area contributed by atoms with Gasteiger partial charge >= 0.3 is 0 Å². The molecule has 0 aromatic heterocycles. The molecule has 0 fully saturated rings. The summed E-state index contributed by atoms with van der Waals surface area (Å²) in [6.45, 7) is 0.855. The van der Waals surface area contributed by atoms with Crippen molar-refractivity contribution < 1.29 is 0 Å². The molecule has 0 bridgehead atoms. The van der Waals surface area contributed by atoms with E-state index in [2.05, 4.69) is 108 Å².